The third-order valence-electron chi connectivity index (χ3n) is 3.19. The molecular formula is C11H16N2O6. The van der Waals surface area contributed by atoms with E-state index in [1.54, 1.807) is 0 Å². The molecule has 1 aliphatic heterocycles. The molecule has 1 saturated heterocycles. The summed E-state index contributed by atoms with van der Waals surface area (Å²) in [6.45, 7) is -0.350. The first-order chi connectivity index (χ1) is 9.46. The number of aryl methyl sites for hydroxylation is 1. The van der Waals surface area contributed by atoms with Crippen molar-refractivity contribution in [2.45, 2.75) is 37.9 Å². The molecule has 106 valence electrons. The lowest BCUT2D eigenvalue weighted by Crippen LogP contribution is -2.47. The summed E-state index contributed by atoms with van der Waals surface area (Å²) >= 11 is 0. The zero-order valence-electron chi connectivity index (χ0n) is 12.3. The van der Waals surface area contributed by atoms with Crippen LogP contribution in [-0.2, 0) is 4.74 Å². The van der Waals surface area contributed by atoms with Gasteiger partial charge in [0.1, 0.15) is 17.8 Å². The van der Waals surface area contributed by atoms with Gasteiger partial charge in [0.15, 0.2) is 6.23 Å². The van der Waals surface area contributed by atoms with Crippen molar-refractivity contribution in [3.05, 3.63) is 32.6 Å². The van der Waals surface area contributed by atoms with Crippen molar-refractivity contribution in [2.75, 3.05) is 6.56 Å². The maximum atomic E-state index is 11.8. The molecular weight excluding hydrogens is 256 g/mol. The standard InChI is InChI=1S/C11H16N2O6/c1-5-3-13(10(17)12-8(5)16)9-11(2,18)7(15)6(4-14)19-9/h3,6-7,9,14-15,18H,4H2,1-2H3,(H,12,16,17)/t6-,7-,9-,11-/m1/s1/i4D2. The molecule has 0 aromatic carbocycles. The van der Waals surface area contributed by atoms with Crippen LogP contribution in [0.2, 0.25) is 0 Å². The van der Waals surface area contributed by atoms with Gasteiger partial charge < -0.3 is 20.1 Å². The first-order valence-corrected chi connectivity index (χ1v) is 5.56. The normalized spacial score (nSPS) is 37.0. The first-order valence-electron chi connectivity index (χ1n) is 6.56. The quantitative estimate of drug-likeness (QED) is 0.487. The molecule has 4 N–H and O–H groups in total. The van der Waals surface area contributed by atoms with Crippen LogP contribution in [0.25, 0.3) is 0 Å². The van der Waals surface area contributed by atoms with E-state index in [0.29, 0.717) is 0 Å². The van der Waals surface area contributed by atoms with Crippen LogP contribution in [0.4, 0.5) is 0 Å². The molecule has 0 saturated carbocycles. The van der Waals surface area contributed by atoms with Gasteiger partial charge in [-0.1, -0.05) is 0 Å². The maximum absolute atomic E-state index is 11.8. The van der Waals surface area contributed by atoms with E-state index < -0.39 is 41.8 Å². The van der Waals surface area contributed by atoms with Crippen LogP contribution in [-0.4, -0.2) is 49.2 Å². The predicted octanol–water partition coefficient (Wildman–Crippen LogP) is -2.15. The fourth-order valence-corrected chi connectivity index (χ4v) is 2.01. The molecule has 1 aromatic rings. The Labute approximate surface area is 110 Å². The maximum Gasteiger partial charge on any atom is 0.330 e. The summed E-state index contributed by atoms with van der Waals surface area (Å²) in [5, 5.41) is 29.6. The van der Waals surface area contributed by atoms with E-state index >= 15 is 0 Å². The van der Waals surface area contributed by atoms with Gasteiger partial charge in [0, 0.05) is 11.8 Å². The van der Waals surface area contributed by atoms with E-state index in [1.807, 2.05) is 4.98 Å². The summed E-state index contributed by atoms with van der Waals surface area (Å²) in [4.78, 5) is 25.2. The molecule has 1 aromatic heterocycles. The molecule has 0 radical (unpaired) electrons. The van der Waals surface area contributed by atoms with Crippen molar-refractivity contribution in [3.63, 3.8) is 0 Å². The zero-order valence-corrected chi connectivity index (χ0v) is 10.3. The van der Waals surface area contributed by atoms with Crippen LogP contribution < -0.4 is 11.2 Å². The fraction of sp³-hybridized carbons (Fsp3) is 0.636. The van der Waals surface area contributed by atoms with Gasteiger partial charge in [-0.3, -0.25) is 14.3 Å². The Morgan fingerprint density at radius 1 is 1.63 bits per heavy atom. The van der Waals surface area contributed by atoms with Gasteiger partial charge in [-0.05, 0) is 13.8 Å². The Balaban J connectivity index is 2.53. The lowest BCUT2D eigenvalue weighted by molar-refractivity contribution is -0.0988. The third-order valence-corrected chi connectivity index (χ3v) is 3.19. The fourth-order valence-electron chi connectivity index (χ4n) is 2.01. The second-order valence-electron chi connectivity index (χ2n) is 4.69. The highest BCUT2D eigenvalue weighted by atomic mass is 16.6. The van der Waals surface area contributed by atoms with Gasteiger partial charge in [-0.25, -0.2) is 4.79 Å². The Hall–Kier alpha value is -1.48. The smallest absolute Gasteiger partial charge is 0.330 e. The summed E-state index contributed by atoms with van der Waals surface area (Å²) in [6, 6.07) is 0. The molecule has 2 heterocycles. The van der Waals surface area contributed by atoms with Crippen LogP contribution in [0, 0.1) is 6.92 Å². The van der Waals surface area contributed by atoms with Gasteiger partial charge >= 0.3 is 5.69 Å². The number of nitrogens with zero attached hydrogens (tertiary/aromatic N) is 1. The van der Waals surface area contributed by atoms with Crippen LogP contribution in [0.15, 0.2) is 15.8 Å². The van der Waals surface area contributed by atoms with Gasteiger partial charge in [-0.2, -0.15) is 0 Å². The minimum absolute atomic E-state index is 0.166. The molecule has 1 aliphatic rings. The molecule has 2 rings (SSSR count). The number of aliphatic hydroxyl groups excluding tert-OH is 1. The molecule has 1 fully saturated rings. The Bertz CT molecular complexity index is 662. The number of aromatic nitrogens is 2. The minimum atomic E-state index is -2.92. The number of hydrogen-bond acceptors (Lipinski definition) is 6. The zero-order chi connectivity index (χ0) is 16.2. The number of aliphatic hydroxyl groups is 3. The lowest BCUT2D eigenvalue weighted by Gasteiger charge is -2.27. The number of ether oxygens (including phenoxy) is 1. The highest BCUT2D eigenvalue weighted by Crippen LogP contribution is 2.37. The highest BCUT2D eigenvalue weighted by molar-refractivity contribution is 5.05. The van der Waals surface area contributed by atoms with Crippen LogP contribution in [0.3, 0.4) is 0 Å². The third kappa shape index (κ3) is 2.12. The predicted molar refractivity (Wildman–Crippen MR) is 63.7 cm³/mol. The molecule has 0 bridgehead atoms. The van der Waals surface area contributed by atoms with Crippen molar-refractivity contribution in [2.24, 2.45) is 0 Å². The largest absolute Gasteiger partial charge is 0.394 e. The van der Waals surface area contributed by atoms with E-state index in [2.05, 4.69) is 0 Å². The van der Waals surface area contributed by atoms with E-state index in [-0.39, 0.29) is 5.56 Å². The van der Waals surface area contributed by atoms with E-state index in [0.717, 1.165) is 17.7 Å². The van der Waals surface area contributed by atoms with Crippen molar-refractivity contribution >= 4 is 0 Å². The molecule has 8 nitrogen and oxygen atoms in total. The molecule has 19 heavy (non-hydrogen) atoms. The Morgan fingerprint density at radius 2 is 2.26 bits per heavy atom. The number of hydrogen-bond donors (Lipinski definition) is 4. The van der Waals surface area contributed by atoms with Crippen molar-refractivity contribution < 1.29 is 22.8 Å². The average Bonchev–Trinajstić information content (AvgIpc) is 2.56. The molecule has 8 heteroatoms. The molecule has 0 unspecified atom stereocenters. The average molecular weight is 274 g/mol. The highest BCUT2D eigenvalue weighted by Gasteiger charge is 2.53. The summed E-state index contributed by atoms with van der Waals surface area (Å²) in [7, 11) is 0. The molecule has 0 aliphatic carbocycles. The van der Waals surface area contributed by atoms with Crippen LogP contribution >= 0.6 is 0 Å². The number of aromatic amines is 1. The van der Waals surface area contributed by atoms with E-state index in [1.165, 1.54) is 6.92 Å². The minimum Gasteiger partial charge on any atom is -0.394 e. The number of nitrogens with one attached hydrogen (secondary N) is 1. The van der Waals surface area contributed by atoms with Gasteiger partial charge in [-0.15, -0.1) is 0 Å². The van der Waals surface area contributed by atoms with Gasteiger partial charge in [0.2, 0.25) is 0 Å². The molecule has 0 spiro atoms. The summed E-state index contributed by atoms with van der Waals surface area (Å²) < 4.78 is 20.4. The first kappa shape index (κ1) is 11.4. The molecule has 4 atom stereocenters. The Morgan fingerprint density at radius 3 is 2.79 bits per heavy atom. The van der Waals surface area contributed by atoms with Crippen LogP contribution in [0.1, 0.15) is 21.5 Å². The monoisotopic (exact) mass is 274 g/mol. The van der Waals surface area contributed by atoms with Crippen molar-refractivity contribution in [1.29, 1.82) is 0 Å². The van der Waals surface area contributed by atoms with Gasteiger partial charge in [0.05, 0.1) is 9.30 Å². The topological polar surface area (TPSA) is 125 Å². The SMILES string of the molecule is [2H]C([2H])(O)[C@H]1O[C@@H](n2cc(C)c(=O)[nH]c2=O)[C@](C)(O)[C@@H]1O. The second kappa shape index (κ2) is 4.57. The molecule has 0 amide bonds. The summed E-state index contributed by atoms with van der Waals surface area (Å²) in [5.41, 5.74) is -3.38. The number of rotatable bonds is 2. The lowest BCUT2D eigenvalue weighted by atomic mass is 9.96. The van der Waals surface area contributed by atoms with Crippen LogP contribution in [0.5, 0.6) is 0 Å². The summed E-state index contributed by atoms with van der Waals surface area (Å²) in [5.74, 6) is 0. The Kier molecular flexibility index (Phi) is 2.73. The second-order valence-corrected chi connectivity index (χ2v) is 4.69. The van der Waals surface area contributed by atoms with Crippen molar-refractivity contribution in [3.8, 4) is 0 Å². The van der Waals surface area contributed by atoms with E-state index in [4.69, 9.17) is 7.48 Å². The van der Waals surface area contributed by atoms with Gasteiger partial charge in [0.25, 0.3) is 5.56 Å². The van der Waals surface area contributed by atoms with Crippen molar-refractivity contribution in [1.82, 2.24) is 9.55 Å². The number of H-pyrrole nitrogens is 1. The van der Waals surface area contributed by atoms with E-state index in [9.17, 15) is 24.9 Å². The summed E-state index contributed by atoms with van der Waals surface area (Å²) in [6.07, 6.45) is -3.87.